The van der Waals surface area contributed by atoms with Gasteiger partial charge in [0.2, 0.25) is 0 Å². The molecule has 2 rings (SSSR count). The summed E-state index contributed by atoms with van der Waals surface area (Å²) in [7, 11) is 0.837. The number of benzene rings is 1. The highest BCUT2D eigenvalue weighted by molar-refractivity contribution is 6.62. The van der Waals surface area contributed by atoms with Crippen molar-refractivity contribution >= 4 is 14.7 Å². The molecule has 1 atom stereocenters. The standard InChI is InChI=1S/C18H24Si/c1-6-9-16-10-7-8-11-17(16)19-18-14(4)12(2)13(3)15(18)5/h7-8,10-11,14H,6,9H2,1-5H3. The minimum Gasteiger partial charge on any atom is -0.0695 e. The van der Waals surface area contributed by atoms with Crippen LogP contribution in [0.3, 0.4) is 0 Å². The van der Waals surface area contributed by atoms with Crippen molar-refractivity contribution < 1.29 is 0 Å². The smallest absolute Gasteiger partial charge is 0.0695 e. The molecule has 1 aliphatic carbocycles. The second kappa shape index (κ2) is 5.92. The predicted octanol–water partition coefficient (Wildman–Crippen LogP) is 4.23. The van der Waals surface area contributed by atoms with Crippen molar-refractivity contribution in [2.75, 3.05) is 0 Å². The third-order valence-corrected chi connectivity index (χ3v) is 6.28. The maximum absolute atomic E-state index is 2.36. The van der Waals surface area contributed by atoms with E-state index >= 15 is 0 Å². The van der Waals surface area contributed by atoms with Crippen molar-refractivity contribution in [3.63, 3.8) is 0 Å². The van der Waals surface area contributed by atoms with Gasteiger partial charge in [-0.05, 0) is 44.2 Å². The number of aryl methyl sites for hydroxylation is 1. The normalized spacial score (nSPS) is 19.5. The fourth-order valence-electron chi connectivity index (χ4n) is 2.84. The second-order valence-electron chi connectivity index (χ2n) is 5.60. The number of allylic oxidation sites excluding steroid dienone is 4. The Morgan fingerprint density at radius 1 is 1.05 bits per heavy atom. The van der Waals surface area contributed by atoms with Gasteiger partial charge < -0.3 is 0 Å². The highest BCUT2D eigenvalue weighted by Gasteiger charge is 2.24. The molecule has 0 bridgehead atoms. The average molecular weight is 268 g/mol. The van der Waals surface area contributed by atoms with Crippen molar-refractivity contribution in [1.29, 1.82) is 0 Å². The van der Waals surface area contributed by atoms with Gasteiger partial charge in [-0.25, -0.2) is 0 Å². The lowest BCUT2D eigenvalue weighted by Crippen LogP contribution is -2.23. The summed E-state index contributed by atoms with van der Waals surface area (Å²) in [6.45, 7) is 11.5. The molecule has 0 saturated carbocycles. The molecule has 1 unspecified atom stereocenters. The fraction of sp³-hybridized carbons (Fsp3) is 0.444. The molecule has 0 heterocycles. The molecule has 0 N–H and O–H groups in total. The summed E-state index contributed by atoms with van der Waals surface area (Å²) >= 11 is 0. The first-order chi connectivity index (χ1) is 9.06. The summed E-state index contributed by atoms with van der Waals surface area (Å²) in [5.74, 6) is 0.632. The summed E-state index contributed by atoms with van der Waals surface area (Å²) in [6, 6.07) is 8.98. The molecule has 0 nitrogen and oxygen atoms in total. The van der Waals surface area contributed by atoms with Crippen LogP contribution in [0.15, 0.2) is 46.2 Å². The van der Waals surface area contributed by atoms with Gasteiger partial charge in [-0.1, -0.05) is 66.1 Å². The third kappa shape index (κ3) is 2.76. The van der Waals surface area contributed by atoms with Crippen LogP contribution in [0.5, 0.6) is 0 Å². The molecule has 0 aliphatic heterocycles. The lowest BCUT2D eigenvalue weighted by Gasteiger charge is -2.14. The summed E-state index contributed by atoms with van der Waals surface area (Å²) in [6.07, 6.45) is 2.43. The number of hydrogen-bond acceptors (Lipinski definition) is 0. The van der Waals surface area contributed by atoms with Gasteiger partial charge in [0.25, 0.3) is 0 Å². The van der Waals surface area contributed by atoms with E-state index in [-0.39, 0.29) is 0 Å². The molecule has 0 saturated heterocycles. The Bertz CT molecular complexity index is 534. The number of hydrogen-bond donors (Lipinski definition) is 0. The Labute approximate surface area is 120 Å². The first-order valence-corrected chi connectivity index (χ1v) is 8.29. The lowest BCUT2D eigenvalue weighted by molar-refractivity contribution is 0.855. The van der Waals surface area contributed by atoms with Crippen molar-refractivity contribution in [2.24, 2.45) is 5.92 Å². The van der Waals surface area contributed by atoms with Crippen molar-refractivity contribution in [3.8, 4) is 0 Å². The van der Waals surface area contributed by atoms with Crippen LogP contribution in [0.4, 0.5) is 0 Å². The minimum atomic E-state index is 0.632. The summed E-state index contributed by atoms with van der Waals surface area (Å²) in [4.78, 5) is 0. The monoisotopic (exact) mass is 268 g/mol. The molecular formula is C18H24Si. The summed E-state index contributed by atoms with van der Waals surface area (Å²) in [5.41, 5.74) is 6.16. The van der Waals surface area contributed by atoms with Crippen LogP contribution in [-0.4, -0.2) is 9.52 Å². The SMILES string of the molecule is CCCc1ccccc1[Si]C1=C(C)C(C)=C(C)C1C. The Hall–Kier alpha value is -1.08. The Balaban J connectivity index is 2.29. The van der Waals surface area contributed by atoms with E-state index in [0.29, 0.717) is 5.92 Å². The van der Waals surface area contributed by atoms with E-state index < -0.39 is 0 Å². The van der Waals surface area contributed by atoms with Crippen LogP contribution < -0.4 is 5.19 Å². The average Bonchev–Trinajstić information content (AvgIpc) is 2.59. The van der Waals surface area contributed by atoms with Crippen molar-refractivity contribution in [2.45, 2.75) is 47.5 Å². The first-order valence-electron chi connectivity index (χ1n) is 7.29. The Morgan fingerprint density at radius 3 is 2.32 bits per heavy atom. The van der Waals surface area contributed by atoms with Crippen LogP contribution in [0, 0.1) is 5.92 Å². The zero-order valence-electron chi connectivity index (χ0n) is 12.8. The highest BCUT2D eigenvalue weighted by atomic mass is 28.2. The van der Waals surface area contributed by atoms with Gasteiger partial charge in [0, 0.05) is 0 Å². The van der Waals surface area contributed by atoms with Gasteiger partial charge >= 0.3 is 0 Å². The second-order valence-corrected chi connectivity index (χ2v) is 6.93. The van der Waals surface area contributed by atoms with Crippen LogP contribution in [-0.2, 0) is 6.42 Å². The van der Waals surface area contributed by atoms with Crippen LogP contribution in [0.2, 0.25) is 0 Å². The summed E-state index contributed by atoms with van der Waals surface area (Å²) < 4.78 is 0. The quantitative estimate of drug-likeness (QED) is 0.717. The Morgan fingerprint density at radius 2 is 1.74 bits per heavy atom. The van der Waals surface area contributed by atoms with E-state index in [1.54, 1.807) is 16.0 Å². The molecule has 19 heavy (non-hydrogen) atoms. The van der Waals surface area contributed by atoms with Gasteiger partial charge in [-0.15, -0.1) is 0 Å². The topological polar surface area (TPSA) is 0 Å². The molecule has 1 aromatic carbocycles. The van der Waals surface area contributed by atoms with Crippen LogP contribution in [0.25, 0.3) is 0 Å². The van der Waals surface area contributed by atoms with Gasteiger partial charge in [0.05, 0.1) is 0 Å². The molecule has 2 radical (unpaired) electrons. The van der Waals surface area contributed by atoms with Gasteiger partial charge in [0.15, 0.2) is 0 Å². The van der Waals surface area contributed by atoms with E-state index in [0.717, 1.165) is 9.52 Å². The van der Waals surface area contributed by atoms with E-state index in [4.69, 9.17) is 0 Å². The highest BCUT2D eigenvalue weighted by Crippen LogP contribution is 2.35. The zero-order valence-corrected chi connectivity index (χ0v) is 13.8. The third-order valence-electron chi connectivity index (χ3n) is 4.45. The van der Waals surface area contributed by atoms with Gasteiger partial charge in [-0.3, -0.25) is 0 Å². The fourth-order valence-corrected chi connectivity index (χ4v) is 4.49. The molecule has 0 aromatic heterocycles. The molecule has 100 valence electrons. The van der Waals surface area contributed by atoms with Crippen LogP contribution >= 0.6 is 0 Å². The van der Waals surface area contributed by atoms with E-state index in [1.165, 1.54) is 29.6 Å². The summed E-state index contributed by atoms with van der Waals surface area (Å²) in [5, 5.41) is 3.20. The van der Waals surface area contributed by atoms with E-state index in [1.807, 2.05) is 0 Å². The number of rotatable bonds is 4. The molecule has 1 aromatic rings. The van der Waals surface area contributed by atoms with E-state index in [2.05, 4.69) is 58.9 Å². The van der Waals surface area contributed by atoms with E-state index in [9.17, 15) is 0 Å². The largest absolute Gasteiger partial charge is 0.117 e. The minimum absolute atomic E-state index is 0.632. The molecule has 1 aliphatic rings. The van der Waals surface area contributed by atoms with Gasteiger partial charge in [0.1, 0.15) is 9.52 Å². The molecular weight excluding hydrogens is 244 g/mol. The van der Waals surface area contributed by atoms with Crippen LogP contribution in [0.1, 0.15) is 46.6 Å². The molecule has 1 heteroatoms. The maximum Gasteiger partial charge on any atom is 0.117 e. The molecule has 0 amide bonds. The lowest BCUT2D eigenvalue weighted by atomic mass is 10.1. The van der Waals surface area contributed by atoms with Crippen molar-refractivity contribution in [1.82, 2.24) is 0 Å². The first kappa shape index (κ1) is 14.3. The molecule has 0 fully saturated rings. The van der Waals surface area contributed by atoms with Gasteiger partial charge in [-0.2, -0.15) is 0 Å². The Kier molecular flexibility index (Phi) is 4.46. The molecule has 0 spiro atoms. The van der Waals surface area contributed by atoms with Crippen molar-refractivity contribution in [3.05, 3.63) is 51.7 Å². The predicted molar refractivity (Wildman–Crippen MR) is 86.1 cm³/mol. The maximum atomic E-state index is 2.36. The zero-order chi connectivity index (χ0) is 14.0.